The van der Waals surface area contributed by atoms with Crippen molar-refractivity contribution >= 4 is 5.91 Å². The minimum Gasteiger partial charge on any atom is -0.355 e. The second-order valence-corrected chi connectivity index (χ2v) is 5.11. The lowest BCUT2D eigenvalue weighted by atomic mass is 10.1. The van der Waals surface area contributed by atoms with Gasteiger partial charge in [0.25, 0.3) is 0 Å². The Balaban J connectivity index is 2.51. The number of benzene rings is 1. The van der Waals surface area contributed by atoms with Crippen molar-refractivity contribution < 1.29 is 22.4 Å². The fourth-order valence-electron chi connectivity index (χ4n) is 1.60. The van der Waals surface area contributed by atoms with E-state index in [1.165, 1.54) is 6.07 Å². The molecule has 0 aliphatic rings. The molecule has 2 N–H and O–H groups in total. The third kappa shape index (κ3) is 6.12. The van der Waals surface area contributed by atoms with Crippen molar-refractivity contribution in [2.24, 2.45) is 5.92 Å². The Labute approximate surface area is 120 Å². The second kappa shape index (κ2) is 7.40. The van der Waals surface area contributed by atoms with Gasteiger partial charge in [0.15, 0.2) is 0 Å². The van der Waals surface area contributed by atoms with Crippen LogP contribution in [0.2, 0.25) is 0 Å². The Morgan fingerprint density at radius 1 is 1.29 bits per heavy atom. The van der Waals surface area contributed by atoms with Crippen LogP contribution in [0.5, 0.6) is 0 Å². The molecule has 3 nitrogen and oxygen atoms in total. The molecular weight excluding hydrogens is 288 g/mol. The van der Waals surface area contributed by atoms with Crippen LogP contribution >= 0.6 is 0 Å². The third-order valence-corrected chi connectivity index (χ3v) is 2.66. The summed E-state index contributed by atoms with van der Waals surface area (Å²) in [5.74, 6) is -1.22. The van der Waals surface area contributed by atoms with Crippen molar-refractivity contribution in [3.8, 4) is 0 Å². The van der Waals surface area contributed by atoms with Gasteiger partial charge in [-0.05, 0) is 23.6 Å². The summed E-state index contributed by atoms with van der Waals surface area (Å²) < 4.78 is 50.7. The largest absolute Gasteiger partial charge is 0.419 e. The van der Waals surface area contributed by atoms with Gasteiger partial charge in [-0.25, -0.2) is 4.39 Å². The van der Waals surface area contributed by atoms with Crippen LogP contribution in [-0.2, 0) is 17.5 Å². The molecule has 0 aliphatic heterocycles. The number of alkyl halides is 3. The number of halogens is 4. The maximum Gasteiger partial charge on any atom is 0.419 e. The highest BCUT2D eigenvalue weighted by molar-refractivity contribution is 5.77. The molecule has 0 aliphatic carbocycles. The first-order valence-electron chi connectivity index (χ1n) is 6.53. The van der Waals surface area contributed by atoms with E-state index >= 15 is 0 Å². The van der Waals surface area contributed by atoms with Crippen LogP contribution in [0, 0.1) is 11.7 Å². The molecule has 0 saturated carbocycles. The maximum atomic E-state index is 13.1. The van der Waals surface area contributed by atoms with Crippen LogP contribution in [0.1, 0.15) is 25.0 Å². The fraction of sp³-hybridized carbons (Fsp3) is 0.500. The molecule has 1 amide bonds. The Kier molecular flexibility index (Phi) is 6.14. The van der Waals surface area contributed by atoms with Crippen LogP contribution < -0.4 is 10.6 Å². The molecule has 1 aromatic carbocycles. The van der Waals surface area contributed by atoms with E-state index in [0.717, 1.165) is 12.1 Å². The van der Waals surface area contributed by atoms with Crippen molar-refractivity contribution in [1.82, 2.24) is 10.6 Å². The molecule has 0 unspecified atom stereocenters. The molecule has 21 heavy (non-hydrogen) atoms. The van der Waals surface area contributed by atoms with Crippen LogP contribution in [0.25, 0.3) is 0 Å². The van der Waals surface area contributed by atoms with E-state index in [4.69, 9.17) is 0 Å². The number of hydrogen-bond donors (Lipinski definition) is 2. The monoisotopic (exact) mass is 306 g/mol. The first-order valence-corrected chi connectivity index (χ1v) is 6.53. The zero-order valence-electron chi connectivity index (χ0n) is 11.9. The molecule has 0 aromatic heterocycles. The highest BCUT2D eigenvalue weighted by Gasteiger charge is 2.34. The minimum absolute atomic E-state index is 0.00848. The first kappa shape index (κ1) is 17.4. The van der Waals surface area contributed by atoms with E-state index in [1.54, 1.807) is 0 Å². The first-order chi connectivity index (χ1) is 9.70. The average molecular weight is 306 g/mol. The number of carbonyl (C=O) groups excluding carboxylic acids is 1. The summed E-state index contributed by atoms with van der Waals surface area (Å²) >= 11 is 0. The molecule has 0 atom stereocenters. The number of amides is 1. The van der Waals surface area contributed by atoms with Gasteiger partial charge in [-0.1, -0.05) is 19.9 Å². The molecule has 1 aromatic rings. The molecule has 0 saturated heterocycles. The van der Waals surface area contributed by atoms with Crippen LogP contribution in [0.3, 0.4) is 0 Å². The molecular formula is C14H18F4N2O. The zero-order chi connectivity index (χ0) is 16.0. The quantitative estimate of drug-likeness (QED) is 0.794. The number of nitrogens with one attached hydrogen (secondary N) is 2. The average Bonchev–Trinajstić information content (AvgIpc) is 2.37. The van der Waals surface area contributed by atoms with Gasteiger partial charge in [-0.2, -0.15) is 13.2 Å². The molecule has 118 valence electrons. The van der Waals surface area contributed by atoms with E-state index in [0.29, 0.717) is 12.5 Å². The van der Waals surface area contributed by atoms with E-state index in [1.807, 2.05) is 13.8 Å². The van der Waals surface area contributed by atoms with Crippen molar-refractivity contribution in [2.45, 2.75) is 26.6 Å². The van der Waals surface area contributed by atoms with E-state index in [2.05, 4.69) is 10.6 Å². The van der Waals surface area contributed by atoms with Crippen molar-refractivity contribution in [3.63, 3.8) is 0 Å². The van der Waals surface area contributed by atoms with Crippen molar-refractivity contribution in [2.75, 3.05) is 13.1 Å². The predicted molar refractivity (Wildman–Crippen MR) is 71.0 cm³/mol. The normalized spacial score (nSPS) is 11.8. The zero-order valence-corrected chi connectivity index (χ0v) is 11.9. The van der Waals surface area contributed by atoms with Crippen molar-refractivity contribution in [3.05, 3.63) is 35.1 Å². The van der Waals surface area contributed by atoms with Gasteiger partial charge < -0.3 is 10.6 Å². The van der Waals surface area contributed by atoms with Gasteiger partial charge >= 0.3 is 6.18 Å². The van der Waals surface area contributed by atoms with Crippen LogP contribution in [0.15, 0.2) is 18.2 Å². The third-order valence-electron chi connectivity index (χ3n) is 2.66. The summed E-state index contributed by atoms with van der Waals surface area (Å²) in [5, 5.41) is 5.39. The van der Waals surface area contributed by atoms with Gasteiger partial charge in [0, 0.05) is 13.1 Å². The summed E-state index contributed by atoms with van der Waals surface area (Å²) in [6, 6.07) is 2.77. The number of carbonyl (C=O) groups is 1. The fourth-order valence-corrected chi connectivity index (χ4v) is 1.60. The molecule has 0 spiro atoms. The molecule has 0 bridgehead atoms. The number of hydrogen-bond acceptors (Lipinski definition) is 2. The van der Waals surface area contributed by atoms with Gasteiger partial charge in [0.05, 0.1) is 12.1 Å². The van der Waals surface area contributed by atoms with Crippen molar-refractivity contribution in [1.29, 1.82) is 0 Å². The highest BCUT2D eigenvalue weighted by Crippen LogP contribution is 2.31. The molecule has 7 heteroatoms. The topological polar surface area (TPSA) is 41.1 Å². The Hall–Kier alpha value is -1.63. The Morgan fingerprint density at radius 2 is 1.95 bits per heavy atom. The van der Waals surface area contributed by atoms with Gasteiger partial charge in [-0.3, -0.25) is 4.79 Å². The number of rotatable bonds is 6. The SMILES string of the molecule is CC(C)CNC(=O)CNCc1ccc(F)c(C(F)(F)F)c1. The van der Waals surface area contributed by atoms with E-state index < -0.39 is 17.6 Å². The lowest BCUT2D eigenvalue weighted by Gasteiger charge is -2.11. The summed E-state index contributed by atoms with van der Waals surface area (Å²) in [4.78, 5) is 11.4. The smallest absolute Gasteiger partial charge is 0.355 e. The molecule has 0 fully saturated rings. The summed E-state index contributed by atoms with van der Waals surface area (Å²) in [7, 11) is 0. The molecule has 1 rings (SSSR count). The van der Waals surface area contributed by atoms with E-state index in [-0.39, 0.29) is 24.6 Å². The van der Waals surface area contributed by atoms with Gasteiger partial charge in [0.1, 0.15) is 5.82 Å². The minimum atomic E-state index is -4.73. The lowest BCUT2D eigenvalue weighted by molar-refractivity contribution is -0.140. The molecule has 0 heterocycles. The summed E-state index contributed by atoms with van der Waals surface area (Å²) in [6.45, 7) is 4.48. The van der Waals surface area contributed by atoms with Crippen LogP contribution in [0.4, 0.5) is 17.6 Å². The standard InChI is InChI=1S/C14H18F4N2O/c1-9(2)6-20-13(21)8-19-7-10-3-4-12(15)11(5-10)14(16,17)18/h3-5,9,19H,6-8H2,1-2H3,(H,20,21). The predicted octanol–water partition coefficient (Wildman–Crippen LogP) is 2.71. The summed E-state index contributed by atoms with van der Waals surface area (Å²) in [5.41, 5.74) is -1.04. The summed E-state index contributed by atoms with van der Waals surface area (Å²) in [6.07, 6.45) is -4.73. The van der Waals surface area contributed by atoms with E-state index in [9.17, 15) is 22.4 Å². The maximum absolute atomic E-state index is 13.1. The van der Waals surface area contributed by atoms with Gasteiger partial charge in [0.2, 0.25) is 5.91 Å². The molecule has 0 radical (unpaired) electrons. The Morgan fingerprint density at radius 3 is 2.52 bits per heavy atom. The van der Waals surface area contributed by atoms with Crippen LogP contribution in [-0.4, -0.2) is 19.0 Å². The Bertz CT molecular complexity index is 486. The highest BCUT2D eigenvalue weighted by atomic mass is 19.4. The second-order valence-electron chi connectivity index (χ2n) is 5.11. The lowest BCUT2D eigenvalue weighted by Crippen LogP contribution is -2.35. The van der Waals surface area contributed by atoms with Gasteiger partial charge in [-0.15, -0.1) is 0 Å².